The molecule has 0 spiro atoms. The largest absolute Gasteiger partial charge is 0.409 e. The van der Waals surface area contributed by atoms with Gasteiger partial charge in [0.05, 0.1) is 0 Å². The van der Waals surface area contributed by atoms with Gasteiger partial charge in [-0.25, -0.2) is 0 Å². The smallest absolute Gasteiger partial charge is 0.170 e. The van der Waals surface area contributed by atoms with Crippen molar-refractivity contribution in [3.63, 3.8) is 0 Å². The summed E-state index contributed by atoms with van der Waals surface area (Å²) >= 11 is 0. The number of rotatable bonds is 2. The summed E-state index contributed by atoms with van der Waals surface area (Å²) in [5.74, 6) is 0.156. The van der Waals surface area contributed by atoms with Gasteiger partial charge in [0.2, 0.25) is 0 Å². The van der Waals surface area contributed by atoms with E-state index >= 15 is 0 Å². The highest BCUT2D eigenvalue weighted by Crippen LogP contribution is 2.20. The van der Waals surface area contributed by atoms with Gasteiger partial charge in [0.25, 0.3) is 0 Å². The van der Waals surface area contributed by atoms with E-state index in [0.29, 0.717) is 0 Å². The van der Waals surface area contributed by atoms with Crippen LogP contribution < -0.4 is 10.6 Å². The number of amidine groups is 1. The van der Waals surface area contributed by atoms with E-state index in [-0.39, 0.29) is 5.84 Å². The number of hydrogen-bond donors (Lipinski definition) is 2. The molecule has 1 saturated heterocycles. The molecule has 0 atom stereocenters. The van der Waals surface area contributed by atoms with Crippen molar-refractivity contribution in [2.45, 2.75) is 12.8 Å². The number of anilines is 1. The Hall–Kier alpha value is -1.71. The van der Waals surface area contributed by atoms with Gasteiger partial charge in [0, 0.05) is 24.3 Å². The topological polar surface area (TPSA) is 61.9 Å². The summed E-state index contributed by atoms with van der Waals surface area (Å²) in [6.45, 7) is 2.26. The van der Waals surface area contributed by atoms with E-state index in [9.17, 15) is 0 Å². The third kappa shape index (κ3) is 2.03. The van der Waals surface area contributed by atoms with Crippen molar-refractivity contribution in [2.24, 2.45) is 10.9 Å². The molecular formula is C11H15N3O. The molecule has 0 amide bonds. The molecule has 1 heterocycles. The second-order valence-corrected chi connectivity index (χ2v) is 3.73. The Balaban J connectivity index is 2.16. The number of nitrogens with zero attached hydrogens (tertiary/aromatic N) is 2. The highest BCUT2D eigenvalue weighted by atomic mass is 16.4. The van der Waals surface area contributed by atoms with E-state index in [1.54, 1.807) is 0 Å². The van der Waals surface area contributed by atoms with E-state index in [2.05, 4.69) is 10.1 Å². The molecule has 0 bridgehead atoms. The lowest BCUT2D eigenvalue weighted by molar-refractivity contribution is 0.318. The molecule has 3 N–H and O–H groups in total. The maximum atomic E-state index is 8.52. The van der Waals surface area contributed by atoms with Crippen molar-refractivity contribution >= 4 is 11.5 Å². The van der Waals surface area contributed by atoms with Crippen molar-refractivity contribution < 1.29 is 5.21 Å². The molecule has 80 valence electrons. The normalized spacial score (nSPS) is 17.1. The highest BCUT2D eigenvalue weighted by Gasteiger charge is 2.11. The van der Waals surface area contributed by atoms with Crippen LogP contribution in [0.2, 0.25) is 0 Å². The van der Waals surface area contributed by atoms with Gasteiger partial charge in [-0.05, 0) is 37.1 Å². The van der Waals surface area contributed by atoms with Crippen LogP contribution in [-0.4, -0.2) is 24.1 Å². The Labute approximate surface area is 89.0 Å². The van der Waals surface area contributed by atoms with Crippen LogP contribution in [0.25, 0.3) is 0 Å². The third-order valence-electron chi connectivity index (χ3n) is 2.74. The molecule has 0 aromatic heterocycles. The van der Waals surface area contributed by atoms with Gasteiger partial charge in [0.1, 0.15) is 0 Å². The Morgan fingerprint density at radius 3 is 2.33 bits per heavy atom. The molecule has 1 aliphatic heterocycles. The van der Waals surface area contributed by atoms with Gasteiger partial charge < -0.3 is 15.8 Å². The minimum absolute atomic E-state index is 0.156. The fourth-order valence-corrected chi connectivity index (χ4v) is 1.88. The van der Waals surface area contributed by atoms with Gasteiger partial charge >= 0.3 is 0 Å². The lowest BCUT2D eigenvalue weighted by Gasteiger charge is -2.17. The molecule has 1 aromatic rings. The first-order chi connectivity index (χ1) is 7.31. The zero-order valence-corrected chi connectivity index (χ0v) is 8.56. The molecule has 2 rings (SSSR count). The quantitative estimate of drug-likeness (QED) is 0.332. The summed E-state index contributed by atoms with van der Waals surface area (Å²) in [4.78, 5) is 2.34. The highest BCUT2D eigenvalue weighted by molar-refractivity contribution is 5.97. The number of benzene rings is 1. The van der Waals surface area contributed by atoms with Crippen LogP contribution in [0.5, 0.6) is 0 Å². The molecule has 0 aliphatic carbocycles. The van der Waals surface area contributed by atoms with Crippen LogP contribution in [0.1, 0.15) is 18.4 Å². The first kappa shape index (κ1) is 9.83. The molecule has 4 nitrogen and oxygen atoms in total. The Kier molecular flexibility index (Phi) is 2.76. The van der Waals surface area contributed by atoms with Crippen LogP contribution in [0.3, 0.4) is 0 Å². The summed E-state index contributed by atoms with van der Waals surface area (Å²) in [5, 5.41) is 11.5. The monoisotopic (exact) mass is 205 g/mol. The van der Waals surface area contributed by atoms with Crippen LogP contribution in [0.4, 0.5) is 5.69 Å². The standard InChI is InChI=1S/C11H15N3O/c12-11(13-15)9-3-5-10(6-4-9)14-7-1-2-8-14/h3-6,15H,1-2,7-8H2,(H2,12,13). The molecule has 4 heteroatoms. The molecule has 1 fully saturated rings. The van der Waals surface area contributed by atoms with Crippen molar-refractivity contribution in [3.8, 4) is 0 Å². The van der Waals surface area contributed by atoms with E-state index < -0.39 is 0 Å². The molecule has 1 aromatic carbocycles. The van der Waals surface area contributed by atoms with Crippen molar-refractivity contribution in [2.75, 3.05) is 18.0 Å². The predicted molar refractivity (Wildman–Crippen MR) is 60.4 cm³/mol. The van der Waals surface area contributed by atoms with E-state index in [1.165, 1.54) is 18.5 Å². The Morgan fingerprint density at radius 2 is 1.80 bits per heavy atom. The van der Waals surface area contributed by atoms with Gasteiger partial charge in [-0.15, -0.1) is 0 Å². The first-order valence-corrected chi connectivity index (χ1v) is 5.14. The lowest BCUT2D eigenvalue weighted by Crippen LogP contribution is -2.18. The third-order valence-corrected chi connectivity index (χ3v) is 2.74. The lowest BCUT2D eigenvalue weighted by atomic mass is 10.2. The average molecular weight is 205 g/mol. The van der Waals surface area contributed by atoms with Crippen LogP contribution in [-0.2, 0) is 0 Å². The summed E-state index contributed by atoms with van der Waals surface area (Å²) in [7, 11) is 0. The fourth-order valence-electron chi connectivity index (χ4n) is 1.88. The van der Waals surface area contributed by atoms with E-state index in [4.69, 9.17) is 10.9 Å². The SMILES string of the molecule is N/C(=N\O)c1ccc(N2CCCC2)cc1. The first-order valence-electron chi connectivity index (χ1n) is 5.14. The minimum Gasteiger partial charge on any atom is -0.409 e. The average Bonchev–Trinajstić information content (AvgIpc) is 2.82. The second kappa shape index (κ2) is 4.21. The fraction of sp³-hybridized carbons (Fsp3) is 0.364. The van der Waals surface area contributed by atoms with E-state index in [0.717, 1.165) is 18.7 Å². The zero-order chi connectivity index (χ0) is 10.7. The molecule has 0 radical (unpaired) electrons. The molecule has 0 unspecified atom stereocenters. The van der Waals surface area contributed by atoms with Gasteiger partial charge in [-0.3, -0.25) is 0 Å². The maximum absolute atomic E-state index is 8.52. The summed E-state index contributed by atoms with van der Waals surface area (Å²) in [6.07, 6.45) is 2.53. The number of nitrogens with two attached hydrogens (primary N) is 1. The van der Waals surface area contributed by atoms with Crippen LogP contribution >= 0.6 is 0 Å². The summed E-state index contributed by atoms with van der Waals surface area (Å²) in [5.41, 5.74) is 7.44. The maximum Gasteiger partial charge on any atom is 0.170 e. The van der Waals surface area contributed by atoms with Crippen molar-refractivity contribution in [1.29, 1.82) is 0 Å². The predicted octanol–water partition coefficient (Wildman–Crippen LogP) is 1.38. The number of hydrogen-bond acceptors (Lipinski definition) is 3. The van der Waals surface area contributed by atoms with Crippen LogP contribution in [0.15, 0.2) is 29.4 Å². The van der Waals surface area contributed by atoms with E-state index in [1.807, 2.05) is 24.3 Å². The van der Waals surface area contributed by atoms with Crippen molar-refractivity contribution in [1.82, 2.24) is 0 Å². The molecule has 15 heavy (non-hydrogen) atoms. The summed E-state index contributed by atoms with van der Waals surface area (Å²) < 4.78 is 0. The Bertz CT molecular complexity index is 353. The molecule has 1 aliphatic rings. The van der Waals surface area contributed by atoms with Gasteiger partial charge in [-0.1, -0.05) is 5.16 Å². The zero-order valence-electron chi connectivity index (χ0n) is 8.56. The summed E-state index contributed by atoms with van der Waals surface area (Å²) in [6, 6.07) is 7.78. The van der Waals surface area contributed by atoms with Crippen molar-refractivity contribution in [3.05, 3.63) is 29.8 Å². The van der Waals surface area contributed by atoms with Crippen LogP contribution in [0, 0.1) is 0 Å². The minimum atomic E-state index is 0.156. The molecular weight excluding hydrogens is 190 g/mol. The van der Waals surface area contributed by atoms with Gasteiger partial charge in [0.15, 0.2) is 5.84 Å². The number of oxime groups is 1. The molecule has 0 saturated carbocycles. The van der Waals surface area contributed by atoms with Gasteiger partial charge in [-0.2, -0.15) is 0 Å². The second-order valence-electron chi connectivity index (χ2n) is 3.73. The Morgan fingerprint density at radius 1 is 1.20 bits per heavy atom.